The van der Waals surface area contributed by atoms with Gasteiger partial charge in [-0.05, 0) is 18.1 Å². The molecule has 1 unspecified atom stereocenters. The van der Waals surface area contributed by atoms with E-state index in [0.29, 0.717) is 5.25 Å². The van der Waals surface area contributed by atoms with Crippen LogP contribution in [0.4, 0.5) is 0 Å². The molecule has 4 heteroatoms. The van der Waals surface area contributed by atoms with Crippen LogP contribution in [0, 0.1) is 0 Å². The van der Waals surface area contributed by atoms with Crippen LogP contribution in [-0.2, 0) is 11.2 Å². The molecular weight excluding hydrogens is 208 g/mol. The number of fused-ring (bicyclic) bond motifs is 1. The minimum absolute atomic E-state index is 0.271. The number of hydrogen-bond donors (Lipinski definition) is 2. The Bertz CT molecular complexity index is 342. The van der Waals surface area contributed by atoms with Gasteiger partial charge in [-0.2, -0.15) is 0 Å². The van der Waals surface area contributed by atoms with Crippen LogP contribution in [0.15, 0.2) is 29.2 Å². The Morgan fingerprint density at radius 3 is 3.07 bits per heavy atom. The third kappa shape index (κ3) is 2.73. The van der Waals surface area contributed by atoms with Gasteiger partial charge in [-0.3, -0.25) is 4.79 Å². The molecule has 3 N–H and O–H groups in total. The molecule has 0 fully saturated rings. The lowest BCUT2D eigenvalue weighted by Gasteiger charge is -2.08. The van der Waals surface area contributed by atoms with Crippen molar-refractivity contribution in [1.82, 2.24) is 5.32 Å². The Hall–Kier alpha value is -1.00. The average Bonchev–Trinajstić information content (AvgIpc) is 2.59. The summed E-state index contributed by atoms with van der Waals surface area (Å²) in [6, 6.07) is 8.44. The Kier molecular flexibility index (Phi) is 3.28. The maximum Gasteiger partial charge on any atom is 0.231 e. The minimum atomic E-state index is -0.296. The summed E-state index contributed by atoms with van der Waals surface area (Å²) in [6.45, 7) is 1.11. The molecule has 3 nitrogen and oxygen atoms in total. The molecule has 1 amide bonds. The zero-order valence-electron chi connectivity index (χ0n) is 8.40. The van der Waals surface area contributed by atoms with E-state index in [-0.39, 0.29) is 12.5 Å². The fourth-order valence-corrected chi connectivity index (χ4v) is 3.01. The van der Waals surface area contributed by atoms with Gasteiger partial charge in [0.1, 0.15) is 0 Å². The SMILES string of the molecule is NC(=O)CNCC1Cc2ccccc2S1. The van der Waals surface area contributed by atoms with Crippen LogP contribution in [0.3, 0.4) is 0 Å². The number of nitrogens with one attached hydrogen (secondary N) is 1. The van der Waals surface area contributed by atoms with E-state index in [4.69, 9.17) is 5.73 Å². The summed E-state index contributed by atoms with van der Waals surface area (Å²) in [7, 11) is 0. The predicted octanol–water partition coefficient (Wildman–Crippen LogP) is 0.778. The van der Waals surface area contributed by atoms with E-state index in [1.165, 1.54) is 10.5 Å². The van der Waals surface area contributed by atoms with E-state index in [1.807, 2.05) is 11.8 Å². The molecule has 0 spiro atoms. The first-order chi connectivity index (χ1) is 7.25. The number of amides is 1. The monoisotopic (exact) mass is 222 g/mol. The molecule has 0 radical (unpaired) electrons. The first-order valence-corrected chi connectivity index (χ1v) is 5.87. The molecule has 0 aromatic heterocycles. The molecule has 1 heterocycles. The zero-order chi connectivity index (χ0) is 10.7. The number of nitrogens with two attached hydrogens (primary N) is 1. The Morgan fingerprint density at radius 1 is 1.53 bits per heavy atom. The first-order valence-electron chi connectivity index (χ1n) is 4.99. The van der Waals surface area contributed by atoms with E-state index in [1.54, 1.807) is 0 Å². The fourth-order valence-electron chi connectivity index (χ4n) is 1.72. The molecule has 0 saturated heterocycles. The zero-order valence-corrected chi connectivity index (χ0v) is 9.22. The van der Waals surface area contributed by atoms with Crippen molar-refractivity contribution in [2.45, 2.75) is 16.6 Å². The summed E-state index contributed by atoms with van der Waals surface area (Å²) in [5.74, 6) is -0.296. The van der Waals surface area contributed by atoms with Gasteiger partial charge in [0.05, 0.1) is 6.54 Å². The second-order valence-corrected chi connectivity index (χ2v) is 4.99. The maximum atomic E-state index is 10.5. The van der Waals surface area contributed by atoms with E-state index in [9.17, 15) is 4.79 Å². The van der Waals surface area contributed by atoms with Crippen molar-refractivity contribution in [1.29, 1.82) is 0 Å². The molecule has 0 saturated carbocycles. The summed E-state index contributed by atoms with van der Waals surface area (Å²) in [4.78, 5) is 11.9. The molecule has 0 bridgehead atoms. The van der Waals surface area contributed by atoms with Crippen molar-refractivity contribution < 1.29 is 4.79 Å². The molecule has 1 atom stereocenters. The normalized spacial score (nSPS) is 18.8. The second-order valence-electron chi connectivity index (χ2n) is 3.65. The van der Waals surface area contributed by atoms with E-state index < -0.39 is 0 Å². The highest BCUT2D eigenvalue weighted by Crippen LogP contribution is 2.36. The lowest BCUT2D eigenvalue weighted by atomic mass is 10.1. The number of benzene rings is 1. The van der Waals surface area contributed by atoms with Crippen LogP contribution < -0.4 is 11.1 Å². The van der Waals surface area contributed by atoms with Crippen molar-refractivity contribution in [3.05, 3.63) is 29.8 Å². The molecule has 1 aliphatic heterocycles. The van der Waals surface area contributed by atoms with Crippen LogP contribution in [0.25, 0.3) is 0 Å². The van der Waals surface area contributed by atoms with Crippen molar-refractivity contribution in [2.24, 2.45) is 5.73 Å². The Morgan fingerprint density at radius 2 is 2.33 bits per heavy atom. The number of thioether (sulfide) groups is 1. The van der Waals surface area contributed by atoms with Crippen molar-refractivity contribution in [2.75, 3.05) is 13.1 Å². The van der Waals surface area contributed by atoms with E-state index >= 15 is 0 Å². The average molecular weight is 222 g/mol. The van der Waals surface area contributed by atoms with Crippen LogP contribution >= 0.6 is 11.8 Å². The van der Waals surface area contributed by atoms with Crippen molar-refractivity contribution >= 4 is 17.7 Å². The lowest BCUT2D eigenvalue weighted by molar-refractivity contribution is -0.117. The van der Waals surface area contributed by atoms with Crippen molar-refractivity contribution in [3.8, 4) is 0 Å². The molecule has 1 aliphatic rings. The summed E-state index contributed by atoms with van der Waals surface area (Å²) in [5.41, 5.74) is 6.46. The van der Waals surface area contributed by atoms with E-state index in [2.05, 4.69) is 29.6 Å². The van der Waals surface area contributed by atoms with Gasteiger partial charge >= 0.3 is 0 Å². The van der Waals surface area contributed by atoms with Gasteiger partial charge in [0, 0.05) is 16.7 Å². The molecule has 2 rings (SSSR count). The van der Waals surface area contributed by atoms with Gasteiger partial charge in [0.25, 0.3) is 0 Å². The summed E-state index contributed by atoms with van der Waals surface area (Å²) < 4.78 is 0. The third-order valence-electron chi connectivity index (χ3n) is 2.39. The largest absolute Gasteiger partial charge is 0.369 e. The van der Waals surface area contributed by atoms with Crippen LogP contribution in [0.2, 0.25) is 0 Å². The number of carbonyl (C=O) groups excluding carboxylic acids is 1. The van der Waals surface area contributed by atoms with Gasteiger partial charge in [0.15, 0.2) is 0 Å². The lowest BCUT2D eigenvalue weighted by Crippen LogP contribution is -2.33. The minimum Gasteiger partial charge on any atom is -0.369 e. The molecule has 80 valence electrons. The van der Waals surface area contributed by atoms with Crippen LogP contribution in [0.1, 0.15) is 5.56 Å². The van der Waals surface area contributed by atoms with Gasteiger partial charge in [-0.15, -0.1) is 11.8 Å². The van der Waals surface area contributed by atoms with Gasteiger partial charge in [0.2, 0.25) is 5.91 Å². The topological polar surface area (TPSA) is 55.1 Å². The van der Waals surface area contributed by atoms with Gasteiger partial charge in [-0.25, -0.2) is 0 Å². The first kappa shape index (κ1) is 10.5. The smallest absolute Gasteiger partial charge is 0.231 e. The standard InChI is InChI=1S/C11H14N2OS/c12-11(14)7-13-6-9-5-8-3-1-2-4-10(8)15-9/h1-4,9,13H,5-7H2,(H2,12,14). The third-order valence-corrected chi connectivity index (χ3v) is 3.70. The highest BCUT2D eigenvalue weighted by Gasteiger charge is 2.21. The molecule has 1 aromatic rings. The number of primary amides is 1. The molecular formula is C11H14N2OS. The quantitative estimate of drug-likeness (QED) is 0.791. The van der Waals surface area contributed by atoms with Crippen LogP contribution in [0.5, 0.6) is 0 Å². The Balaban J connectivity index is 1.83. The highest BCUT2D eigenvalue weighted by atomic mass is 32.2. The summed E-state index contributed by atoms with van der Waals surface area (Å²) in [5, 5.41) is 3.60. The van der Waals surface area contributed by atoms with Crippen molar-refractivity contribution in [3.63, 3.8) is 0 Å². The summed E-state index contributed by atoms with van der Waals surface area (Å²) in [6.07, 6.45) is 1.08. The molecule has 15 heavy (non-hydrogen) atoms. The highest BCUT2D eigenvalue weighted by molar-refractivity contribution is 8.00. The number of hydrogen-bond acceptors (Lipinski definition) is 3. The number of rotatable bonds is 4. The van der Waals surface area contributed by atoms with Crippen LogP contribution in [-0.4, -0.2) is 24.2 Å². The fraction of sp³-hybridized carbons (Fsp3) is 0.364. The maximum absolute atomic E-state index is 10.5. The van der Waals surface area contributed by atoms with Gasteiger partial charge < -0.3 is 11.1 Å². The molecule has 1 aromatic carbocycles. The van der Waals surface area contributed by atoms with Gasteiger partial charge in [-0.1, -0.05) is 18.2 Å². The summed E-state index contributed by atoms with van der Waals surface area (Å²) >= 11 is 1.87. The Labute approximate surface area is 93.4 Å². The van der Waals surface area contributed by atoms with E-state index in [0.717, 1.165) is 13.0 Å². The molecule has 0 aliphatic carbocycles. The number of carbonyl (C=O) groups is 1. The predicted molar refractivity (Wildman–Crippen MR) is 61.9 cm³/mol. The second kappa shape index (κ2) is 4.68.